The molecule has 2 aromatic carbocycles. The minimum absolute atomic E-state index is 0.0452. The van der Waals surface area contributed by atoms with Gasteiger partial charge >= 0.3 is 0 Å². The number of halogens is 3. The van der Waals surface area contributed by atoms with Crippen LogP contribution in [0.4, 0.5) is 13.2 Å². The minimum Gasteiger partial charge on any atom is -0.491 e. The Hall–Kier alpha value is -2.54. The molecule has 2 N–H and O–H groups in total. The van der Waals surface area contributed by atoms with Crippen LogP contribution in [0.3, 0.4) is 0 Å². The first-order valence-corrected chi connectivity index (χ1v) is 7.17. The second-order valence-corrected chi connectivity index (χ2v) is 5.23. The second kappa shape index (κ2) is 7.83. The van der Waals surface area contributed by atoms with Crippen LogP contribution in [0, 0.1) is 24.4 Å². The summed E-state index contributed by atoms with van der Waals surface area (Å²) in [5, 5.41) is 12.1. The van der Waals surface area contributed by atoms with Gasteiger partial charge in [0, 0.05) is 12.6 Å². The molecule has 0 radical (unpaired) electrons. The van der Waals surface area contributed by atoms with E-state index >= 15 is 0 Å². The van der Waals surface area contributed by atoms with Gasteiger partial charge in [0.1, 0.15) is 24.3 Å². The number of hydrogen-bond donors (Lipinski definition) is 2. The van der Waals surface area contributed by atoms with E-state index in [9.17, 15) is 23.1 Å². The molecule has 7 heteroatoms. The molecule has 0 aliphatic heterocycles. The van der Waals surface area contributed by atoms with Gasteiger partial charge in [-0.1, -0.05) is 6.07 Å². The van der Waals surface area contributed by atoms with Crippen molar-refractivity contribution in [1.82, 2.24) is 5.32 Å². The van der Waals surface area contributed by atoms with Gasteiger partial charge in [-0.2, -0.15) is 0 Å². The molecular formula is C17H16F3NO3. The number of carbonyl (C=O) groups is 1. The van der Waals surface area contributed by atoms with E-state index in [1.807, 2.05) is 0 Å². The number of aliphatic hydroxyl groups is 1. The van der Waals surface area contributed by atoms with Crippen molar-refractivity contribution < 1.29 is 27.8 Å². The predicted molar refractivity (Wildman–Crippen MR) is 81.3 cm³/mol. The summed E-state index contributed by atoms with van der Waals surface area (Å²) in [6.07, 6.45) is -1.10. The lowest BCUT2D eigenvalue weighted by atomic mass is 10.1. The van der Waals surface area contributed by atoms with Crippen LogP contribution in [0.25, 0.3) is 0 Å². The maximum absolute atomic E-state index is 13.7. The van der Waals surface area contributed by atoms with Crippen LogP contribution in [0.1, 0.15) is 15.9 Å². The van der Waals surface area contributed by atoms with Crippen LogP contribution in [-0.4, -0.2) is 30.3 Å². The summed E-state index contributed by atoms with van der Waals surface area (Å²) in [6.45, 7) is 1.27. The van der Waals surface area contributed by atoms with E-state index in [1.165, 1.54) is 18.2 Å². The van der Waals surface area contributed by atoms with Gasteiger partial charge in [-0.15, -0.1) is 0 Å². The van der Waals surface area contributed by atoms with E-state index in [4.69, 9.17) is 4.74 Å². The number of amides is 1. The Morgan fingerprint density at radius 1 is 1.12 bits per heavy atom. The first-order chi connectivity index (χ1) is 11.4. The number of benzene rings is 2. The molecule has 1 atom stereocenters. The fraction of sp³-hybridized carbons (Fsp3) is 0.235. The van der Waals surface area contributed by atoms with Gasteiger partial charge in [0.25, 0.3) is 5.91 Å². The zero-order chi connectivity index (χ0) is 17.7. The highest BCUT2D eigenvalue weighted by molar-refractivity contribution is 5.94. The van der Waals surface area contributed by atoms with Crippen LogP contribution in [0.5, 0.6) is 5.75 Å². The average molecular weight is 339 g/mol. The van der Waals surface area contributed by atoms with Crippen molar-refractivity contribution in [2.45, 2.75) is 13.0 Å². The zero-order valence-electron chi connectivity index (χ0n) is 12.9. The van der Waals surface area contributed by atoms with E-state index in [0.717, 1.165) is 12.1 Å². The van der Waals surface area contributed by atoms with Gasteiger partial charge < -0.3 is 15.2 Å². The molecule has 0 fully saturated rings. The fourth-order valence-electron chi connectivity index (χ4n) is 1.93. The number of aryl methyl sites for hydroxylation is 1. The lowest BCUT2D eigenvalue weighted by Crippen LogP contribution is -2.35. The number of rotatable bonds is 6. The molecule has 0 saturated carbocycles. The third-order valence-corrected chi connectivity index (χ3v) is 3.20. The van der Waals surface area contributed by atoms with Crippen molar-refractivity contribution in [2.24, 2.45) is 0 Å². The van der Waals surface area contributed by atoms with Crippen molar-refractivity contribution in [3.05, 3.63) is 65.0 Å². The molecule has 2 aromatic rings. The Morgan fingerprint density at radius 3 is 2.54 bits per heavy atom. The van der Waals surface area contributed by atoms with Crippen LogP contribution < -0.4 is 10.1 Å². The topological polar surface area (TPSA) is 58.6 Å². The lowest BCUT2D eigenvalue weighted by Gasteiger charge is -2.14. The smallest absolute Gasteiger partial charge is 0.254 e. The van der Waals surface area contributed by atoms with Crippen molar-refractivity contribution in [3.63, 3.8) is 0 Å². The fourth-order valence-corrected chi connectivity index (χ4v) is 1.93. The number of carbonyl (C=O) groups excluding carboxylic acids is 1. The Kier molecular flexibility index (Phi) is 5.81. The second-order valence-electron chi connectivity index (χ2n) is 5.23. The molecule has 0 saturated heterocycles. The van der Waals surface area contributed by atoms with Crippen molar-refractivity contribution in [2.75, 3.05) is 13.2 Å². The molecule has 24 heavy (non-hydrogen) atoms. The first kappa shape index (κ1) is 17.8. The molecular weight excluding hydrogens is 323 g/mol. The number of nitrogens with one attached hydrogen (secondary N) is 1. The molecule has 0 bridgehead atoms. The van der Waals surface area contributed by atoms with Crippen molar-refractivity contribution in [3.8, 4) is 5.75 Å². The monoisotopic (exact) mass is 339 g/mol. The maximum atomic E-state index is 13.7. The molecule has 4 nitrogen and oxygen atoms in total. The maximum Gasteiger partial charge on any atom is 0.254 e. The van der Waals surface area contributed by atoms with E-state index in [0.29, 0.717) is 5.56 Å². The third-order valence-electron chi connectivity index (χ3n) is 3.20. The summed E-state index contributed by atoms with van der Waals surface area (Å²) in [5.74, 6) is -3.34. The highest BCUT2D eigenvalue weighted by Crippen LogP contribution is 2.15. The van der Waals surface area contributed by atoms with Gasteiger partial charge in [-0.05, 0) is 36.8 Å². The molecule has 0 aromatic heterocycles. The molecule has 0 spiro atoms. The summed E-state index contributed by atoms with van der Waals surface area (Å²) in [6, 6.07) is 7.15. The van der Waals surface area contributed by atoms with Crippen LogP contribution >= 0.6 is 0 Å². The van der Waals surface area contributed by atoms with Crippen LogP contribution in [0.15, 0.2) is 36.4 Å². The van der Waals surface area contributed by atoms with Gasteiger partial charge in [-0.25, -0.2) is 13.2 Å². The molecule has 0 aliphatic carbocycles. The van der Waals surface area contributed by atoms with Crippen LogP contribution in [-0.2, 0) is 0 Å². The molecule has 1 unspecified atom stereocenters. The van der Waals surface area contributed by atoms with Gasteiger partial charge in [0.15, 0.2) is 11.6 Å². The largest absolute Gasteiger partial charge is 0.491 e. The van der Waals surface area contributed by atoms with Crippen LogP contribution in [0.2, 0.25) is 0 Å². The average Bonchev–Trinajstić information content (AvgIpc) is 2.53. The molecule has 1 amide bonds. The third kappa shape index (κ3) is 4.73. The quantitative estimate of drug-likeness (QED) is 0.850. The van der Waals surface area contributed by atoms with E-state index in [-0.39, 0.29) is 24.5 Å². The first-order valence-electron chi connectivity index (χ1n) is 7.17. The Morgan fingerprint density at radius 2 is 1.88 bits per heavy atom. The number of hydrogen-bond acceptors (Lipinski definition) is 3. The summed E-state index contributed by atoms with van der Waals surface area (Å²) in [5.41, 5.74) is 0.554. The normalized spacial score (nSPS) is 11.9. The molecule has 2 rings (SSSR count). The Labute approximate surface area is 136 Å². The molecule has 0 heterocycles. The van der Waals surface area contributed by atoms with E-state index in [1.54, 1.807) is 13.0 Å². The van der Waals surface area contributed by atoms with Gasteiger partial charge in [0.05, 0.1) is 5.56 Å². The Balaban J connectivity index is 1.83. The Bertz CT molecular complexity index is 737. The van der Waals surface area contributed by atoms with E-state index in [2.05, 4.69) is 5.32 Å². The van der Waals surface area contributed by atoms with E-state index < -0.39 is 29.5 Å². The lowest BCUT2D eigenvalue weighted by molar-refractivity contribution is 0.0840. The zero-order valence-corrected chi connectivity index (χ0v) is 12.9. The van der Waals surface area contributed by atoms with Gasteiger partial charge in [-0.3, -0.25) is 4.79 Å². The van der Waals surface area contributed by atoms with Gasteiger partial charge in [0.2, 0.25) is 0 Å². The number of ether oxygens (including phenoxy) is 1. The summed E-state index contributed by atoms with van der Waals surface area (Å²) in [7, 11) is 0. The minimum atomic E-state index is -1.10. The predicted octanol–water partition coefficient (Wildman–Crippen LogP) is 2.58. The highest BCUT2D eigenvalue weighted by Gasteiger charge is 2.14. The summed E-state index contributed by atoms with van der Waals surface area (Å²) >= 11 is 0. The van der Waals surface area contributed by atoms with Crippen molar-refractivity contribution >= 4 is 5.91 Å². The summed E-state index contributed by atoms with van der Waals surface area (Å²) in [4.78, 5) is 11.8. The number of aliphatic hydroxyl groups excluding tert-OH is 1. The SMILES string of the molecule is Cc1ccc(C(=O)NCC(O)COc2ccc(F)c(F)c2)c(F)c1. The highest BCUT2D eigenvalue weighted by atomic mass is 19.2. The molecule has 128 valence electrons. The summed E-state index contributed by atoms with van der Waals surface area (Å²) < 4.78 is 44.5. The standard InChI is InChI=1S/C17H16F3NO3/c1-10-2-4-13(15(19)6-10)17(23)21-8-11(22)9-24-12-3-5-14(18)16(20)7-12/h2-7,11,22H,8-9H2,1H3,(H,21,23). The molecule has 0 aliphatic rings. The van der Waals surface area contributed by atoms with Crippen molar-refractivity contribution in [1.29, 1.82) is 0 Å².